The summed E-state index contributed by atoms with van der Waals surface area (Å²) in [6.07, 6.45) is 16.1. The van der Waals surface area contributed by atoms with Crippen molar-refractivity contribution in [2.45, 2.75) is 140 Å². The van der Waals surface area contributed by atoms with Gasteiger partial charge in [0.05, 0.1) is 11.9 Å². The third-order valence-corrected chi connectivity index (χ3v) is 8.18. The molecular weight excluding hydrogens is 558 g/mol. The number of hydrogen-bond acceptors (Lipinski definition) is 8. The molecule has 10 nitrogen and oxygen atoms in total. The molecule has 0 aromatic rings. The number of aliphatic carboxylic acids is 2. The smallest absolute Gasteiger partial charge is 0.549 e. The van der Waals surface area contributed by atoms with Gasteiger partial charge in [0.25, 0.3) is 20.2 Å². The molecule has 0 saturated heterocycles. The fourth-order valence-electron chi connectivity index (χ4n) is 3.70. The van der Waals surface area contributed by atoms with Gasteiger partial charge in [-0.25, -0.2) is 0 Å². The van der Waals surface area contributed by atoms with E-state index >= 15 is 0 Å². The fourth-order valence-corrected chi connectivity index (χ4v) is 5.12. The monoisotopic (exact) mass is 604 g/mol. The van der Waals surface area contributed by atoms with E-state index in [4.69, 9.17) is 9.11 Å². The summed E-state index contributed by atoms with van der Waals surface area (Å²) in [6, 6.07) is 0. The van der Waals surface area contributed by atoms with Crippen LogP contribution >= 0.6 is 0 Å². The van der Waals surface area contributed by atoms with Gasteiger partial charge in [-0.05, 0) is 12.8 Å². The molecule has 0 saturated carbocycles. The molecule has 0 aliphatic carbocycles. The molecule has 0 bridgehead atoms. The van der Waals surface area contributed by atoms with E-state index in [1.165, 1.54) is 38.5 Å². The van der Waals surface area contributed by atoms with Crippen molar-refractivity contribution in [1.29, 1.82) is 0 Å². The summed E-state index contributed by atoms with van der Waals surface area (Å²) in [7, 11) is -9.06. The predicted molar refractivity (Wildman–Crippen MR) is 135 cm³/mol. The maximum Gasteiger partial charge on any atom is 1.00 e. The first-order valence-electron chi connectivity index (χ1n) is 13.1. The van der Waals surface area contributed by atoms with Gasteiger partial charge < -0.3 is 19.8 Å². The summed E-state index contributed by atoms with van der Waals surface area (Å²) in [6.45, 7) is 4.30. The fraction of sp³-hybridized carbons (Fsp3) is 0.917. The molecule has 0 rings (SSSR count). The summed E-state index contributed by atoms with van der Waals surface area (Å²) in [5, 5.41) is 17.5. The summed E-state index contributed by atoms with van der Waals surface area (Å²) in [4.78, 5) is 21.1. The topological polar surface area (TPSA) is 189 Å². The maximum atomic E-state index is 10.7. The van der Waals surface area contributed by atoms with Crippen LogP contribution in [0.3, 0.4) is 0 Å². The van der Waals surface area contributed by atoms with Crippen molar-refractivity contribution in [3.05, 3.63) is 0 Å². The number of carboxylic acids is 2. The Balaban J connectivity index is -0.000000289. The Morgan fingerprint density at radius 3 is 0.921 bits per heavy atom. The molecule has 2 N–H and O–H groups in total. The van der Waals surface area contributed by atoms with Gasteiger partial charge in [-0.1, -0.05) is 117 Å². The van der Waals surface area contributed by atoms with Gasteiger partial charge >= 0.3 is 59.1 Å². The molecule has 0 aliphatic heterocycles. The van der Waals surface area contributed by atoms with Crippen LogP contribution in [0.2, 0.25) is 0 Å². The van der Waals surface area contributed by atoms with Crippen LogP contribution in [0, 0.1) is 0 Å². The van der Waals surface area contributed by atoms with Gasteiger partial charge in [0.15, 0.2) is 0 Å². The maximum absolute atomic E-state index is 10.7. The van der Waals surface area contributed by atoms with E-state index in [0.717, 1.165) is 51.4 Å². The van der Waals surface area contributed by atoms with Crippen LogP contribution in [0.4, 0.5) is 0 Å². The first-order chi connectivity index (χ1) is 16.8. The predicted octanol–water partition coefficient (Wildman–Crippen LogP) is -2.94. The Kier molecular flexibility index (Phi) is 33.6. The molecule has 0 spiro atoms. The summed E-state index contributed by atoms with van der Waals surface area (Å²) in [5.74, 6) is -3.44. The number of carboxylic acid groups (broad SMARTS) is 2. The standard InChI is InChI=1S/2C12H24O5S.2Na/c2*1-2-3-4-5-6-7-8-9-10-11(12(13)14)18(15,16)17;;/h2*11H,2-10H2,1H3,(H,13,14)(H,15,16,17);;/q;;2*+1/p-2. The molecule has 2 atom stereocenters. The molecule has 216 valence electrons. The molecular formula is C24H46Na2O10S2. The Morgan fingerprint density at radius 1 is 0.526 bits per heavy atom. The van der Waals surface area contributed by atoms with E-state index in [9.17, 15) is 36.6 Å². The summed E-state index contributed by atoms with van der Waals surface area (Å²) < 4.78 is 60.4. The van der Waals surface area contributed by atoms with E-state index in [1.807, 2.05) is 0 Å². The van der Waals surface area contributed by atoms with Gasteiger partial charge in [0.1, 0.15) is 10.5 Å². The molecule has 14 heteroatoms. The first-order valence-corrected chi connectivity index (χ1v) is 16.1. The van der Waals surface area contributed by atoms with Crippen molar-refractivity contribution < 1.29 is 105 Å². The zero-order valence-corrected chi connectivity index (χ0v) is 29.5. The molecule has 38 heavy (non-hydrogen) atoms. The second-order valence-electron chi connectivity index (χ2n) is 9.17. The van der Waals surface area contributed by atoms with Crippen LogP contribution < -0.4 is 69.3 Å². The average Bonchev–Trinajstić information content (AvgIpc) is 2.75. The molecule has 2 unspecified atom stereocenters. The number of rotatable bonds is 22. The van der Waals surface area contributed by atoms with Crippen molar-refractivity contribution in [2.75, 3.05) is 0 Å². The quantitative estimate of drug-likeness (QED) is 0.0735. The van der Waals surface area contributed by atoms with Crippen molar-refractivity contribution in [3.63, 3.8) is 0 Å². The Hall–Kier alpha value is 0.760. The normalized spacial score (nSPS) is 12.7. The van der Waals surface area contributed by atoms with Crippen molar-refractivity contribution in [3.8, 4) is 0 Å². The van der Waals surface area contributed by atoms with Crippen LogP contribution in [0.15, 0.2) is 0 Å². The van der Waals surface area contributed by atoms with E-state index in [1.54, 1.807) is 0 Å². The first kappa shape index (κ1) is 45.7. The third kappa shape index (κ3) is 28.3. The zero-order valence-electron chi connectivity index (χ0n) is 23.9. The van der Waals surface area contributed by atoms with Crippen LogP contribution in [0.25, 0.3) is 0 Å². The SMILES string of the molecule is CCCCCCCCCCC(C(=O)[O-])S(=O)(=O)O.CCCCCCCCCCC(C(=O)[O-])S(=O)(=O)O.[Na+].[Na+]. The number of carbonyl (C=O) groups excluding carboxylic acids is 2. The Bertz CT molecular complexity index is 724. The number of hydrogen-bond donors (Lipinski definition) is 2. The molecule has 0 heterocycles. The Morgan fingerprint density at radius 2 is 0.737 bits per heavy atom. The molecule has 0 fully saturated rings. The molecule has 0 amide bonds. The molecule has 0 aromatic heterocycles. The third-order valence-electron chi connectivity index (χ3n) is 5.88. The molecule has 0 aromatic carbocycles. The minimum atomic E-state index is -4.53. The van der Waals surface area contributed by atoms with Gasteiger partial charge in [0.2, 0.25) is 0 Å². The van der Waals surface area contributed by atoms with E-state index in [-0.39, 0.29) is 72.0 Å². The molecule has 0 aliphatic rings. The van der Waals surface area contributed by atoms with E-state index < -0.39 is 42.7 Å². The van der Waals surface area contributed by atoms with Crippen LogP contribution in [0.1, 0.15) is 129 Å². The van der Waals surface area contributed by atoms with Gasteiger partial charge in [-0.2, -0.15) is 16.8 Å². The van der Waals surface area contributed by atoms with Gasteiger partial charge in [-0.15, -0.1) is 0 Å². The largest absolute Gasteiger partial charge is 1.00 e. The average molecular weight is 605 g/mol. The van der Waals surface area contributed by atoms with Crippen molar-refractivity contribution in [1.82, 2.24) is 0 Å². The van der Waals surface area contributed by atoms with E-state index in [2.05, 4.69) is 13.8 Å². The van der Waals surface area contributed by atoms with Crippen molar-refractivity contribution >= 4 is 32.2 Å². The minimum Gasteiger partial charge on any atom is -0.549 e. The van der Waals surface area contributed by atoms with Gasteiger partial charge in [-0.3, -0.25) is 9.11 Å². The number of carbonyl (C=O) groups is 2. The molecule has 0 radical (unpaired) electrons. The second-order valence-corrected chi connectivity index (χ2v) is 12.4. The van der Waals surface area contributed by atoms with E-state index in [0.29, 0.717) is 12.8 Å². The second kappa shape index (κ2) is 27.9. The van der Waals surface area contributed by atoms with Crippen molar-refractivity contribution in [2.24, 2.45) is 0 Å². The summed E-state index contributed by atoms with van der Waals surface area (Å²) >= 11 is 0. The number of unbranched alkanes of at least 4 members (excludes halogenated alkanes) is 14. The minimum absolute atomic E-state index is 0. The van der Waals surface area contributed by atoms with Crippen LogP contribution in [0.5, 0.6) is 0 Å². The zero-order chi connectivity index (χ0) is 28.0. The van der Waals surface area contributed by atoms with Crippen LogP contribution in [-0.4, -0.2) is 48.4 Å². The Labute approximate surface area is 274 Å². The van der Waals surface area contributed by atoms with Gasteiger partial charge in [0, 0.05) is 0 Å². The van der Waals surface area contributed by atoms with Crippen LogP contribution in [-0.2, 0) is 29.8 Å². The summed E-state index contributed by atoms with van der Waals surface area (Å²) in [5.41, 5.74) is 0.